The third kappa shape index (κ3) is 2.82. The van der Waals surface area contributed by atoms with Gasteiger partial charge in [-0.2, -0.15) is 0 Å². The molecule has 0 aliphatic rings. The molecule has 96 valence electrons. The summed E-state index contributed by atoms with van der Waals surface area (Å²) in [5, 5.41) is 3.28. The van der Waals surface area contributed by atoms with Crippen LogP contribution in [0.25, 0.3) is 11.3 Å². The molecule has 1 aromatic carbocycles. The number of hydrogen-bond acceptors (Lipinski definition) is 3. The first kappa shape index (κ1) is 13.3. The Labute approximate surface area is 116 Å². The van der Waals surface area contributed by atoms with Gasteiger partial charge in [-0.3, -0.25) is 0 Å². The number of rotatable bonds is 4. The van der Waals surface area contributed by atoms with Crippen LogP contribution >= 0.6 is 15.9 Å². The minimum absolute atomic E-state index is 0.137. The van der Waals surface area contributed by atoms with Gasteiger partial charge in [0.2, 0.25) is 5.89 Å². The lowest BCUT2D eigenvalue weighted by atomic mass is 10.1. The predicted molar refractivity (Wildman–Crippen MR) is 76.5 cm³/mol. The van der Waals surface area contributed by atoms with Gasteiger partial charge in [0.15, 0.2) is 5.76 Å². The second-order valence-corrected chi connectivity index (χ2v) is 5.16. The van der Waals surface area contributed by atoms with Crippen LogP contribution < -0.4 is 5.32 Å². The van der Waals surface area contributed by atoms with Gasteiger partial charge in [0.05, 0.1) is 12.2 Å². The normalized spacial score (nSPS) is 12.7. The molecule has 0 spiro atoms. The van der Waals surface area contributed by atoms with Gasteiger partial charge >= 0.3 is 0 Å². The third-order valence-electron chi connectivity index (χ3n) is 2.86. The van der Waals surface area contributed by atoms with Gasteiger partial charge < -0.3 is 9.73 Å². The van der Waals surface area contributed by atoms with E-state index in [0.717, 1.165) is 28.2 Å². The lowest BCUT2D eigenvalue weighted by molar-refractivity contribution is 0.429. The van der Waals surface area contributed by atoms with Crippen LogP contribution in [0.5, 0.6) is 0 Å². The Morgan fingerprint density at radius 3 is 2.89 bits per heavy atom. The molecule has 0 amide bonds. The van der Waals surface area contributed by atoms with Gasteiger partial charge in [-0.05, 0) is 32.0 Å². The zero-order valence-corrected chi connectivity index (χ0v) is 12.4. The molecule has 0 saturated carbocycles. The summed E-state index contributed by atoms with van der Waals surface area (Å²) in [4.78, 5) is 4.32. The maximum atomic E-state index is 5.78. The first-order valence-electron chi connectivity index (χ1n) is 6.07. The molecular weight excluding hydrogens is 292 g/mol. The van der Waals surface area contributed by atoms with Crippen molar-refractivity contribution in [2.45, 2.75) is 26.8 Å². The molecule has 2 aromatic rings. The van der Waals surface area contributed by atoms with Gasteiger partial charge in [-0.25, -0.2) is 4.98 Å². The first-order valence-corrected chi connectivity index (χ1v) is 6.86. The van der Waals surface area contributed by atoms with E-state index in [1.54, 1.807) is 6.20 Å². The highest BCUT2D eigenvalue weighted by molar-refractivity contribution is 9.10. The summed E-state index contributed by atoms with van der Waals surface area (Å²) in [6.07, 6.45) is 1.78. The molecule has 0 saturated heterocycles. The Morgan fingerprint density at radius 1 is 1.44 bits per heavy atom. The highest BCUT2D eigenvalue weighted by Crippen LogP contribution is 2.27. The lowest BCUT2D eigenvalue weighted by Crippen LogP contribution is -2.17. The van der Waals surface area contributed by atoms with Crippen molar-refractivity contribution in [3.05, 3.63) is 40.3 Å². The Kier molecular flexibility index (Phi) is 4.19. The molecule has 0 fully saturated rings. The SMILES string of the molecule is CCNC(C)c1ncc(-c2ccc(C)c(Br)c2)o1. The minimum Gasteiger partial charge on any atom is -0.439 e. The van der Waals surface area contributed by atoms with Crippen molar-refractivity contribution in [2.24, 2.45) is 0 Å². The Hall–Kier alpha value is -1.13. The molecule has 1 heterocycles. The molecule has 1 unspecified atom stereocenters. The summed E-state index contributed by atoms with van der Waals surface area (Å²) in [7, 11) is 0. The number of oxazole rings is 1. The van der Waals surface area contributed by atoms with E-state index < -0.39 is 0 Å². The maximum absolute atomic E-state index is 5.78. The van der Waals surface area contributed by atoms with E-state index in [4.69, 9.17) is 4.42 Å². The highest BCUT2D eigenvalue weighted by Gasteiger charge is 2.12. The van der Waals surface area contributed by atoms with Gasteiger partial charge in [-0.1, -0.05) is 35.0 Å². The van der Waals surface area contributed by atoms with E-state index in [1.807, 2.05) is 13.0 Å². The van der Waals surface area contributed by atoms with Crippen molar-refractivity contribution in [3.8, 4) is 11.3 Å². The molecular formula is C14H17BrN2O. The third-order valence-corrected chi connectivity index (χ3v) is 3.71. The second-order valence-electron chi connectivity index (χ2n) is 4.31. The van der Waals surface area contributed by atoms with Crippen molar-refractivity contribution in [3.63, 3.8) is 0 Å². The standard InChI is InChI=1S/C14H17BrN2O/c1-4-16-10(3)14-17-8-13(18-14)11-6-5-9(2)12(15)7-11/h5-8,10,16H,4H2,1-3H3. The van der Waals surface area contributed by atoms with Gasteiger partial charge in [-0.15, -0.1) is 0 Å². The van der Waals surface area contributed by atoms with Crippen molar-refractivity contribution < 1.29 is 4.42 Å². The number of nitrogens with zero attached hydrogens (tertiary/aromatic N) is 1. The Morgan fingerprint density at radius 2 is 2.22 bits per heavy atom. The zero-order valence-electron chi connectivity index (χ0n) is 10.8. The Bertz CT molecular complexity index is 536. The monoisotopic (exact) mass is 308 g/mol. The van der Waals surface area contributed by atoms with Crippen LogP contribution in [0.1, 0.15) is 31.3 Å². The number of aromatic nitrogens is 1. The molecule has 0 aliphatic carbocycles. The summed E-state index contributed by atoms with van der Waals surface area (Å²) in [6, 6.07) is 6.30. The van der Waals surface area contributed by atoms with E-state index in [2.05, 4.69) is 52.2 Å². The molecule has 4 heteroatoms. The molecule has 18 heavy (non-hydrogen) atoms. The number of halogens is 1. The maximum Gasteiger partial charge on any atom is 0.211 e. The zero-order chi connectivity index (χ0) is 13.1. The lowest BCUT2D eigenvalue weighted by Gasteiger charge is -2.07. The quantitative estimate of drug-likeness (QED) is 0.924. The summed E-state index contributed by atoms with van der Waals surface area (Å²) in [6.45, 7) is 7.07. The van der Waals surface area contributed by atoms with Crippen molar-refractivity contribution in [1.82, 2.24) is 10.3 Å². The van der Waals surface area contributed by atoms with Crippen LogP contribution in [-0.2, 0) is 0 Å². The minimum atomic E-state index is 0.137. The topological polar surface area (TPSA) is 38.1 Å². The van der Waals surface area contributed by atoms with Crippen molar-refractivity contribution in [1.29, 1.82) is 0 Å². The molecule has 1 N–H and O–H groups in total. The molecule has 1 atom stereocenters. The first-order chi connectivity index (χ1) is 8.61. The molecule has 3 nitrogen and oxygen atoms in total. The largest absolute Gasteiger partial charge is 0.439 e. The van der Waals surface area contributed by atoms with Crippen LogP contribution in [0.2, 0.25) is 0 Å². The van der Waals surface area contributed by atoms with Crippen LogP contribution in [0.4, 0.5) is 0 Å². The van der Waals surface area contributed by atoms with Gasteiger partial charge in [0, 0.05) is 10.0 Å². The van der Waals surface area contributed by atoms with E-state index >= 15 is 0 Å². The molecule has 0 radical (unpaired) electrons. The summed E-state index contributed by atoms with van der Waals surface area (Å²) in [5.74, 6) is 1.53. The van der Waals surface area contributed by atoms with E-state index in [-0.39, 0.29) is 6.04 Å². The van der Waals surface area contributed by atoms with Gasteiger partial charge in [0.1, 0.15) is 0 Å². The molecule has 2 rings (SSSR count). The van der Waals surface area contributed by atoms with Crippen molar-refractivity contribution in [2.75, 3.05) is 6.54 Å². The van der Waals surface area contributed by atoms with Crippen LogP contribution in [0, 0.1) is 6.92 Å². The highest BCUT2D eigenvalue weighted by atomic mass is 79.9. The van der Waals surface area contributed by atoms with E-state index in [9.17, 15) is 0 Å². The molecule has 1 aromatic heterocycles. The van der Waals surface area contributed by atoms with Crippen LogP contribution in [0.15, 0.2) is 33.3 Å². The predicted octanol–water partition coefficient (Wildman–Crippen LogP) is 4.08. The summed E-state index contributed by atoms with van der Waals surface area (Å²) >= 11 is 3.53. The van der Waals surface area contributed by atoms with Crippen LogP contribution in [0.3, 0.4) is 0 Å². The fourth-order valence-electron chi connectivity index (χ4n) is 1.76. The summed E-state index contributed by atoms with van der Waals surface area (Å²) < 4.78 is 6.87. The number of benzene rings is 1. The fourth-order valence-corrected chi connectivity index (χ4v) is 2.14. The smallest absolute Gasteiger partial charge is 0.211 e. The number of hydrogen-bond donors (Lipinski definition) is 1. The molecule has 0 aliphatic heterocycles. The van der Waals surface area contributed by atoms with E-state index in [0.29, 0.717) is 0 Å². The summed E-state index contributed by atoms with van der Waals surface area (Å²) in [5.41, 5.74) is 2.24. The average Bonchev–Trinajstić information content (AvgIpc) is 2.82. The van der Waals surface area contributed by atoms with Crippen LogP contribution in [-0.4, -0.2) is 11.5 Å². The number of aryl methyl sites for hydroxylation is 1. The van der Waals surface area contributed by atoms with Gasteiger partial charge in [0.25, 0.3) is 0 Å². The van der Waals surface area contributed by atoms with Crippen molar-refractivity contribution >= 4 is 15.9 Å². The number of nitrogens with one attached hydrogen (secondary N) is 1. The van der Waals surface area contributed by atoms with E-state index in [1.165, 1.54) is 5.56 Å². The molecule has 0 bridgehead atoms. The fraction of sp³-hybridized carbons (Fsp3) is 0.357. The second kappa shape index (κ2) is 5.67. The average molecular weight is 309 g/mol. The Balaban J connectivity index is 2.26.